The largest absolute Gasteiger partial charge is 0.450 e. The van der Waals surface area contributed by atoms with Crippen LogP contribution in [0.5, 0.6) is 0 Å². The van der Waals surface area contributed by atoms with E-state index < -0.39 is 51.8 Å². The number of Topliss-reactive ketones (excluding diaryl/α,β-unsaturated/α-hetero) is 2. The van der Waals surface area contributed by atoms with Crippen LogP contribution in [-0.4, -0.2) is 45.8 Å². The molecule has 0 aromatic rings. The lowest BCUT2D eigenvalue weighted by atomic mass is 9.44. The molecule has 0 spiro atoms. The standard InChI is InChI=1S/C28H37FO6/c1-6-18(30)14-22(32)28(35-24(34)7-2)16(3)12-21-20-9-8-17-13-19(31)10-11-25(17,4)27(20,29)23(33)15-26(21,28)5/h10-11,13,16,20-21,23,33H,6-9,12,14-15H2,1-5H3/t16-,20+,21+,23-,25+,26+,27+,28+/m1/s1. The van der Waals surface area contributed by atoms with Gasteiger partial charge in [-0.05, 0) is 50.7 Å². The molecule has 3 saturated carbocycles. The minimum absolute atomic E-state index is 0.0638. The molecule has 0 radical (unpaired) electrons. The summed E-state index contributed by atoms with van der Waals surface area (Å²) in [6.07, 6.45) is 4.21. The third-order valence-corrected chi connectivity index (χ3v) is 9.91. The summed E-state index contributed by atoms with van der Waals surface area (Å²) in [4.78, 5) is 50.8. The molecule has 0 heterocycles. The summed E-state index contributed by atoms with van der Waals surface area (Å²) in [5.74, 6) is -2.80. The fourth-order valence-electron chi connectivity index (χ4n) is 8.09. The van der Waals surface area contributed by atoms with Crippen molar-refractivity contribution in [1.29, 1.82) is 0 Å². The first kappa shape index (κ1) is 25.9. The zero-order valence-corrected chi connectivity index (χ0v) is 21.4. The van der Waals surface area contributed by atoms with Gasteiger partial charge in [-0.3, -0.25) is 19.2 Å². The molecule has 0 saturated heterocycles. The topological polar surface area (TPSA) is 97.7 Å². The molecule has 0 aromatic carbocycles. The van der Waals surface area contributed by atoms with Crippen LogP contribution in [0.1, 0.15) is 79.6 Å². The fraction of sp³-hybridized carbons (Fsp3) is 0.714. The van der Waals surface area contributed by atoms with Crippen LogP contribution in [0.2, 0.25) is 0 Å². The molecular formula is C28H37FO6. The molecule has 192 valence electrons. The number of aliphatic hydroxyl groups is 1. The maximum atomic E-state index is 17.3. The summed E-state index contributed by atoms with van der Waals surface area (Å²) in [6.45, 7) is 8.73. The van der Waals surface area contributed by atoms with Crippen LogP contribution in [0.15, 0.2) is 23.8 Å². The maximum absolute atomic E-state index is 17.3. The molecule has 4 aliphatic carbocycles. The molecule has 0 aliphatic heterocycles. The molecule has 0 unspecified atom stereocenters. The second kappa shape index (κ2) is 8.46. The normalized spacial score (nSPS) is 44.1. The molecule has 3 fully saturated rings. The number of hydrogen-bond donors (Lipinski definition) is 1. The number of aliphatic hydroxyl groups excluding tert-OH is 1. The van der Waals surface area contributed by atoms with Crippen molar-refractivity contribution in [3.63, 3.8) is 0 Å². The summed E-state index contributed by atoms with van der Waals surface area (Å²) in [5, 5.41) is 11.5. The van der Waals surface area contributed by atoms with Gasteiger partial charge in [-0.1, -0.05) is 39.3 Å². The van der Waals surface area contributed by atoms with Gasteiger partial charge in [0.2, 0.25) is 0 Å². The Morgan fingerprint density at radius 2 is 1.86 bits per heavy atom. The minimum atomic E-state index is -2.04. The molecule has 7 heteroatoms. The van der Waals surface area contributed by atoms with Gasteiger partial charge >= 0.3 is 5.97 Å². The van der Waals surface area contributed by atoms with Gasteiger partial charge in [0.1, 0.15) is 5.78 Å². The third kappa shape index (κ3) is 3.29. The lowest BCUT2D eigenvalue weighted by Gasteiger charge is -2.62. The number of ketones is 3. The van der Waals surface area contributed by atoms with E-state index in [9.17, 15) is 24.3 Å². The highest BCUT2D eigenvalue weighted by molar-refractivity contribution is 6.04. The van der Waals surface area contributed by atoms with E-state index in [1.54, 1.807) is 26.8 Å². The molecule has 4 rings (SSSR count). The second-order valence-corrected chi connectivity index (χ2v) is 11.5. The zero-order valence-electron chi connectivity index (χ0n) is 21.4. The van der Waals surface area contributed by atoms with Crippen LogP contribution >= 0.6 is 0 Å². The predicted molar refractivity (Wildman–Crippen MR) is 127 cm³/mol. The fourth-order valence-corrected chi connectivity index (χ4v) is 8.09. The van der Waals surface area contributed by atoms with E-state index in [0.717, 1.165) is 0 Å². The van der Waals surface area contributed by atoms with E-state index in [1.165, 1.54) is 12.2 Å². The number of hydrogen-bond acceptors (Lipinski definition) is 6. The van der Waals surface area contributed by atoms with Crippen molar-refractivity contribution in [2.45, 2.75) is 96.9 Å². The Morgan fingerprint density at radius 3 is 2.49 bits per heavy atom. The average molecular weight is 489 g/mol. The number of fused-ring (bicyclic) bond motifs is 5. The van der Waals surface area contributed by atoms with E-state index in [1.807, 2.05) is 13.8 Å². The molecule has 35 heavy (non-hydrogen) atoms. The summed E-state index contributed by atoms with van der Waals surface area (Å²) in [7, 11) is 0. The van der Waals surface area contributed by atoms with Crippen molar-refractivity contribution in [1.82, 2.24) is 0 Å². The molecule has 8 atom stereocenters. The Bertz CT molecular complexity index is 1030. The molecule has 0 amide bonds. The van der Waals surface area contributed by atoms with E-state index in [4.69, 9.17) is 4.74 Å². The van der Waals surface area contributed by atoms with Crippen molar-refractivity contribution in [3.8, 4) is 0 Å². The number of esters is 1. The lowest BCUT2D eigenvalue weighted by Crippen LogP contribution is -2.70. The number of alkyl halides is 1. The van der Waals surface area contributed by atoms with Crippen molar-refractivity contribution in [2.24, 2.45) is 28.6 Å². The summed E-state index contributed by atoms with van der Waals surface area (Å²) < 4.78 is 23.3. The summed E-state index contributed by atoms with van der Waals surface area (Å²) in [6, 6.07) is 0. The Kier molecular flexibility index (Phi) is 6.27. The first-order valence-electron chi connectivity index (χ1n) is 12.9. The number of carbonyl (C=O) groups is 4. The quantitative estimate of drug-likeness (QED) is 0.444. The predicted octanol–water partition coefficient (Wildman–Crippen LogP) is 4.23. The number of ether oxygens (including phenoxy) is 1. The van der Waals surface area contributed by atoms with Crippen LogP contribution in [0.4, 0.5) is 4.39 Å². The summed E-state index contributed by atoms with van der Waals surface area (Å²) in [5.41, 5.74) is -5.13. The molecule has 0 aromatic heterocycles. The molecule has 0 bridgehead atoms. The van der Waals surface area contributed by atoms with Gasteiger partial charge in [0, 0.05) is 35.5 Å². The van der Waals surface area contributed by atoms with Gasteiger partial charge in [-0.25, -0.2) is 4.39 Å². The monoisotopic (exact) mass is 488 g/mol. The SMILES string of the molecule is CCC(=O)CC(=O)[C@@]1(OC(=O)CC)[C@H](C)C[C@H]2[C@@H]3CCC4=CC(=O)C=C[C@]4(C)[C@@]3(F)[C@H](O)C[C@@]21C. The zero-order chi connectivity index (χ0) is 26.0. The first-order valence-corrected chi connectivity index (χ1v) is 12.9. The Labute approximate surface area is 206 Å². The summed E-state index contributed by atoms with van der Waals surface area (Å²) >= 11 is 0. The van der Waals surface area contributed by atoms with E-state index in [-0.39, 0.29) is 43.2 Å². The van der Waals surface area contributed by atoms with Gasteiger partial charge in [0.15, 0.2) is 22.8 Å². The van der Waals surface area contributed by atoms with E-state index >= 15 is 4.39 Å². The van der Waals surface area contributed by atoms with Gasteiger partial charge in [-0.15, -0.1) is 0 Å². The number of rotatable bonds is 6. The van der Waals surface area contributed by atoms with Crippen molar-refractivity contribution in [2.75, 3.05) is 0 Å². The Balaban J connectivity index is 1.84. The van der Waals surface area contributed by atoms with E-state index in [2.05, 4.69) is 0 Å². The van der Waals surface area contributed by atoms with Crippen molar-refractivity contribution < 1.29 is 33.4 Å². The van der Waals surface area contributed by atoms with E-state index in [0.29, 0.717) is 24.8 Å². The van der Waals surface area contributed by atoms with Crippen LogP contribution in [0.25, 0.3) is 0 Å². The number of allylic oxidation sites excluding steroid dienone is 4. The molecule has 1 N–H and O–H groups in total. The molecular weight excluding hydrogens is 451 g/mol. The average Bonchev–Trinajstić information content (AvgIpc) is 3.02. The smallest absolute Gasteiger partial charge is 0.306 e. The van der Waals surface area contributed by atoms with Crippen molar-refractivity contribution >= 4 is 23.3 Å². The van der Waals surface area contributed by atoms with Crippen molar-refractivity contribution in [3.05, 3.63) is 23.8 Å². The Hall–Kier alpha value is -2.15. The number of carbonyl (C=O) groups excluding carboxylic acids is 4. The molecule has 6 nitrogen and oxygen atoms in total. The van der Waals surface area contributed by atoms with Crippen LogP contribution in [0, 0.1) is 28.6 Å². The van der Waals surface area contributed by atoms with Gasteiger partial charge in [-0.2, -0.15) is 0 Å². The highest BCUT2D eigenvalue weighted by Gasteiger charge is 2.77. The Morgan fingerprint density at radius 1 is 1.17 bits per heavy atom. The lowest BCUT2D eigenvalue weighted by molar-refractivity contribution is -0.227. The van der Waals surface area contributed by atoms with Gasteiger partial charge < -0.3 is 9.84 Å². The van der Waals surface area contributed by atoms with Gasteiger partial charge in [0.25, 0.3) is 0 Å². The number of halogens is 1. The maximum Gasteiger partial charge on any atom is 0.306 e. The van der Waals surface area contributed by atoms with Crippen LogP contribution in [-0.2, 0) is 23.9 Å². The minimum Gasteiger partial charge on any atom is -0.450 e. The second-order valence-electron chi connectivity index (χ2n) is 11.5. The highest BCUT2D eigenvalue weighted by Crippen LogP contribution is 2.71. The third-order valence-electron chi connectivity index (χ3n) is 9.91. The first-order chi connectivity index (χ1) is 16.3. The van der Waals surface area contributed by atoms with Crippen LogP contribution < -0.4 is 0 Å². The van der Waals surface area contributed by atoms with Crippen LogP contribution in [0.3, 0.4) is 0 Å². The highest BCUT2D eigenvalue weighted by atomic mass is 19.1. The molecule has 4 aliphatic rings. The van der Waals surface area contributed by atoms with Gasteiger partial charge in [0.05, 0.1) is 12.5 Å².